The van der Waals surface area contributed by atoms with Gasteiger partial charge in [-0.3, -0.25) is 9.48 Å². The summed E-state index contributed by atoms with van der Waals surface area (Å²) in [5, 5.41) is 4.10. The van der Waals surface area contributed by atoms with Crippen LogP contribution in [0.15, 0.2) is 34.9 Å². The lowest BCUT2D eigenvalue weighted by Gasteiger charge is -2.10. The van der Waals surface area contributed by atoms with Gasteiger partial charge in [-0.2, -0.15) is 5.10 Å². The molecule has 94 valence electrons. The predicted octanol–water partition coefficient (Wildman–Crippen LogP) is 3.60. The number of aromatic nitrogens is 2. The molecule has 3 nitrogen and oxygen atoms in total. The van der Waals surface area contributed by atoms with Gasteiger partial charge in [0.25, 0.3) is 0 Å². The van der Waals surface area contributed by atoms with Crippen LogP contribution >= 0.6 is 15.9 Å². The number of hydrogen-bond donors (Lipinski definition) is 0. The summed E-state index contributed by atoms with van der Waals surface area (Å²) in [5.74, 6) is -0.691. The van der Waals surface area contributed by atoms with Crippen LogP contribution in [0.1, 0.15) is 35.9 Å². The summed E-state index contributed by atoms with van der Waals surface area (Å²) in [5.41, 5.74) is 0.758. The highest BCUT2D eigenvalue weighted by Gasteiger charge is 2.19. The normalized spacial score (nSPS) is 10.9. The van der Waals surface area contributed by atoms with Crippen molar-refractivity contribution in [3.63, 3.8) is 0 Å². The third-order valence-electron chi connectivity index (χ3n) is 2.59. The predicted molar refractivity (Wildman–Crippen MR) is 70.1 cm³/mol. The topological polar surface area (TPSA) is 34.9 Å². The van der Waals surface area contributed by atoms with Gasteiger partial charge in [0.1, 0.15) is 11.5 Å². The molecule has 5 heteroatoms. The third-order valence-corrected chi connectivity index (χ3v) is 3.39. The number of ketones is 1. The lowest BCUT2D eigenvalue weighted by molar-refractivity contribution is 0.102. The first-order valence-corrected chi connectivity index (χ1v) is 6.34. The van der Waals surface area contributed by atoms with E-state index in [1.54, 1.807) is 23.0 Å². The van der Waals surface area contributed by atoms with E-state index in [9.17, 15) is 9.18 Å². The standard InChI is InChI=1S/C13H12BrFN2O/c1-8(2)17-11(6-7-16-17)13(18)9-4-3-5-10(15)12(9)14/h3-8H,1-2H3. The van der Waals surface area contributed by atoms with E-state index in [2.05, 4.69) is 21.0 Å². The van der Waals surface area contributed by atoms with Crippen molar-refractivity contribution in [2.45, 2.75) is 19.9 Å². The van der Waals surface area contributed by atoms with Gasteiger partial charge in [-0.25, -0.2) is 4.39 Å². The average molecular weight is 311 g/mol. The Morgan fingerprint density at radius 3 is 2.78 bits per heavy atom. The molecule has 0 saturated carbocycles. The molecular formula is C13H12BrFN2O. The van der Waals surface area contributed by atoms with E-state index in [0.29, 0.717) is 11.3 Å². The lowest BCUT2D eigenvalue weighted by Crippen LogP contribution is -2.14. The molecule has 0 saturated heterocycles. The molecule has 1 heterocycles. The molecule has 1 aromatic heterocycles. The first-order chi connectivity index (χ1) is 8.52. The van der Waals surface area contributed by atoms with E-state index >= 15 is 0 Å². The highest BCUT2D eigenvalue weighted by Crippen LogP contribution is 2.23. The Labute approximate surface area is 113 Å². The molecule has 18 heavy (non-hydrogen) atoms. The van der Waals surface area contributed by atoms with E-state index in [-0.39, 0.29) is 16.3 Å². The Hall–Kier alpha value is -1.49. The van der Waals surface area contributed by atoms with Crippen molar-refractivity contribution < 1.29 is 9.18 Å². The van der Waals surface area contributed by atoms with Gasteiger partial charge >= 0.3 is 0 Å². The zero-order valence-electron chi connectivity index (χ0n) is 10.0. The zero-order chi connectivity index (χ0) is 13.3. The average Bonchev–Trinajstić information content (AvgIpc) is 2.81. The second kappa shape index (κ2) is 5.02. The van der Waals surface area contributed by atoms with Crippen molar-refractivity contribution in [2.24, 2.45) is 0 Å². The molecule has 0 N–H and O–H groups in total. The number of nitrogens with zero attached hydrogens (tertiary/aromatic N) is 2. The zero-order valence-corrected chi connectivity index (χ0v) is 11.6. The van der Waals surface area contributed by atoms with E-state index in [4.69, 9.17) is 0 Å². The Morgan fingerprint density at radius 1 is 1.39 bits per heavy atom. The van der Waals surface area contributed by atoms with Gasteiger partial charge in [0.05, 0.1) is 4.47 Å². The Kier molecular flexibility index (Phi) is 3.61. The fourth-order valence-electron chi connectivity index (χ4n) is 1.72. The number of halogens is 2. The van der Waals surface area contributed by atoms with E-state index < -0.39 is 5.82 Å². The van der Waals surface area contributed by atoms with E-state index in [1.807, 2.05) is 13.8 Å². The smallest absolute Gasteiger partial charge is 0.212 e. The minimum atomic E-state index is -0.448. The highest BCUT2D eigenvalue weighted by atomic mass is 79.9. The molecule has 0 radical (unpaired) electrons. The number of carbonyl (C=O) groups is 1. The number of carbonyl (C=O) groups excluding carboxylic acids is 1. The minimum Gasteiger partial charge on any atom is -0.287 e. The molecule has 0 amide bonds. The van der Waals surface area contributed by atoms with Gasteiger partial charge in [0.15, 0.2) is 0 Å². The van der Waals surface area contributed by atoms with Gasteiger partial charge < -0.3 is 0 Å². The highest BCUT2D eigenvalue weighted by molar-refractivity contribution is 9.10. The maximum atomic E-state index is 13.4. The monoisotopic (exact) mass is 310 g/mol. The van der Waals surface area contributed by atoms with Gasteiger partial charge in [0.2, 0.25) is 5.78 Å². The van der Waals surface area contributed by atoms with Crippen molar-refractivity contribution in [3.8, 4) is 0 Å². The van der Waals surface area contributed by atoms with Crippen LogP contribution in [-0.2, 0) is 0 Å². The second-order valence-electron chi connectivity index (χ2n) is 4.19. The van der Waals surface area contributed by atoms with Gasteiger partial charge in [-0.05, 0) is 48.0 Å². The summed E-state index contributed by atoms with van der Waals surface area (Å²) in [7, 11) is 0. The molecule has 0 aliphatic heterocycles. The van der Waals surface area contributed by atoms with Gasteiger partial charge in [-0.15, -0.1) is 0 Å². The van der Waals surface area contributed by atoms with Crippen LogP contribution in [0.2, 0.25) is 0 Å². The van der Waals surface area contributed by atoms with Gasteiger partial charge in [0, 0.05) is 17.8 Å². The number of benzene rings is 1. The molecule has 0 aliphatic carbocycles. The molecule has 1 aromatic carbocycles. The van der Waals surface area contributed by atoms with Gasteiger partial charge in [-0.1, -0.05) is 6.07 Å². The van der Waals surface area contributed by atoms with E-state index in [1.165, 1.54) is 12.1 Å². The van der Waals surface area contributed by atoms with Crippen molar-refractivity contribution in [2.75, 3.05) is 0 Å². The number of rotatable bonds is 3. The molecule has 0 aliphatic rings. The largest absolute Gasteiger partial charge is 0.287 e. The molecule has 0 spiro atoms. The molecule has 0 atom stereocenters. The van der Waals surface area contributed by atoms with E-state index in [0.717, 1.165) is 0 Å². The summed E-state index contributed by atoms with van der Waals surface area (Å²) < 4.78 is 15.2. The summed E-state index contributed by atoms with van der Waals surface area (Å²) >= 11 is 3.10. The van der Waals surface area contributed by atoms with Crippen LogP contribution < -0.4 is 0 Å². The van der Waals surface area contributed by atoms with Crippen molar-refractivity contribution in [1.29, 1.82) is 0 Å². The first-order valence-electron chi connectivity index (χ1n) is 5.54. The maximum Gasteiger partial charge on any atom is 0.212 e. The molecule has 2 aromatic rings. The Morgan fingerprint density at radius 2 is 2.11 bits per heavy atom. The fourth-order valence-corrected chi connectivity index (χ4v) is 2.17. The minimum absolute atomic E-state index is 0.0753. The van der Waals surface area contributed by atoms with Crippen LogP contribution in [0.25, 0.3) is 0 Å². The SMILES string of the molecule is CC(C)n1nccc1C(=O)c1cccc(F)c1Br. The molecule has 2 rings (SSSR count). The van der Waals surface area contributed by atoms with Crippen LogP contribution in [0.5, 0.6) is 0 Å². The quantitative estimate of drug-likeness (QED) is 0.812. The first kappa shape index (κ1) is 13.0. The summed E-state index contributed by atoms with van der Waals surface area (Å²) in [6.45, 7) is 3.87. The van der Waals surface area contributed by atoms with Crippen molar-refractivity contribution in [1.82, 2.24) is 9.78 Å². The van der Waals surface area contributed by atoms with Crippen molar-refractivity contribution in [3.05, 3.63) is 52.0 Å². The van der Waals surface area contributed by atoms with Crippen molar-refractivity contribution >= 4 is 21.7 Å². The second-order valence-corrected chi connectivity index (χ2v) is 4.98. The van der Waals surface area contributed by atoms with Crippen LogP contribution in [0.4, 0.5) is 4.39 Å². The fraction of sp³-hybridized carbons (Fsp3) is 0.231. The molecule has 0 fully saturated rings. The van der Waals surface area contributed by atoms with Crippen LogP contribution in [0, 0.1) is 5.82 Å². The van der Waals surface area contributed by atoms with Crippen LogP contribution in [-0.4, -0.2) is 15.6 Å². The van der Waals surface area contributed by atoms with Crippen LogP contribution in [0.3, 0.4) is 0 Å². The summed E-state index contributed by atoms with van der Waals surface area (Å²) in [4.78, 5) is 12.3. The Bertz CT molecular complexity index is 592. The molecular weight excluding hydrogens is 299 g/mol. The lowest BCUT2D eigenvalue weighted by atomic mass is 10.1. The molecule has 0 unspecified atom stereocenters. The third kappa shape index (κ3) is 2.22. The maximum absolute atomic E-state index is 13.4. The Balaban J connectivity index is 2.49. The summed E-state index contributed by atoms with van der Waals surface area (Å²) in [6.07, 6.45) is 1.57. The molecule has 0 bridgehead atoms. The summed E-state index contributed by atoms with van der Waals surface area (Å²) in [6, 6.07) is 6.13. The number of hydrogen-bond acceptors (Lipinski definition) is 2.